The van der Waals surface area contributed by atoms with Crippen molar-refractivity contribution in [1.29, 1.82) is 0 Å². The summed E-state index contributed by atoms with van der Waals surface area (Å²) in [6, 6.07) is 0. The Balaban J connectivity index is 2.17. The van der Waals surface area contributed by atoms with Crippen LogP contribution in [0, 0.1) is 0 Å². The van der Waals surface area contributed by atoms with Crippen LogP contribution >= 0.6 is 0 Å². The first-order chi connectivity index (χ1) is 23.5. The molecular weight excluding hydrogens is 680 g/mol. The fraction of sp³-hybridized carbons (Fsp3) is 0.700. The van der Waals surface area contributed by atoms with Gasteiger partial charge in [-0.2, -0.15) is 0 Å². The number of hydrogen-bond donors (Lipinski definition) is 1. The van der Waals surface area contributed by atoms with Crippen molar-refractivity contribution in [3.8, 4) is 0 Å². The fourth-order valence-electron chi connectivity index (χ4n) is 5.41. The monoisotopic (exact) mass is 720 g/mol. The minimum Gasteiger partial charge on any atom is -0.462 e. The van der Waals surface area contributed by atoms with Crippen LogP contribution in [-0.4, -0.2) is 141 Å². The van der Waals surface area contributed by atoms with Crippen molar-refractivity contribution >= 4 is 42.0 Å². The van der Waals surface area contributed by atoms with E-state index in [4.69, 9.17) is 56.8 Å². The average Bonchev–Trinajstić information content (AvgIpc) is 3.44. The maximum absolute atomic E-state index is 12.4. The first kappa shape index (κ1) is 40.1. The Labute approximate surface area is 285 Å². The summed E-state index contributed by atoms with van der Waals surface area (Å²) >= 11 is 0. The van der Waals surface area contributed by atoms with Gasteiger partial charge < -0.3 is 61.9 Å². The molecule has 3 rings (SSSR count). The van der Waals surface area contributed by atoms with E-state index in [0.717, 1.165) is 41.5 Å². The lowest BCUT2D eigenvalue weighted by Crippen LogP contribution is -2.68. The van der Waals surface area contributed by atoms with Gasteiger partial charge in [0.1, 0.15) is 37.6 Å². The second-order valence-corrected chi connectivity index (χ2v) is 11.1. The first-order valence-electron chi connectivity index (χ1n) is 15.2. The molecule has 0 aromatic rings. The van der Waals surface area contributed by atoms with Crippen molar-refractivity contribution in [3.63, 3.8) is 0 Å². The van der Waals surface area contributed by atoms with E-state index in [1.54, 1.807) is 0 Å². The number of esters is 6. The molecule has 0 aliphatic carbocycles. The van der Waals surface area contributed by atoms with Crippen LogP contribution in [0.4, 0.5) is 4.79 Å². The number of carbonyl (C=O) groups excluding carboxylic acids is 7. The number of rotatable bonds is 14. The lowest BCUT2D eigenvalue weighted by Gasteiger charge is -2.49. The van der Waals surface area contributed by atoms with Gasteiger partial charge in [0.2, 0.25) is 0 Å². The lowest BCUT2D eigenvalue weighted by molar-refractivity contribution is -0.367. The summed E-state index contributed by atoms with van der Waals surface area (Å²) in [4.78, 5) is 85.0. The molecule has 0 aromatic heterocycles. The number of carbonyl (C=O) groups is 7. The highest BCUT2D eigenvalue weighted by molar-refractivity contribution is 5.69. The molecule has 3 aliphatic rings. The van der Waals surface area contributed by atoms with Crippen molar-refractivity contribution < 1.29 is 95.5 Å². The standard InChI is InChI=1S/C30H40O20/c1-8-9-39-28-20(37)23(24(43-14(4)33)21(48-28)18(42-13(3)32)10-40-12(2)31)50-29-27(46-17(7)36)26(45-16(6)35)25(44-15(5)34)22(49-29)19-11-41-30(38)47-19/h8,18-29,37H,1,9-11H2,2-7H3/t18-,19-,20-,21+,22+,23+,24+,25+,26-,27-,28-,29+/m0/s1. The van der Waals surface area contributed by atoms with Gasteiger partial charge in [-0.15, -0.1) is 6.58 Å². The molecule has 0 radical (unpaired) electrons. The molecule has 3 fully saturated rings. The number of aliphatic hydroxyl groups excluding tert-OH is 1. The van der Waals surface area contributed by atoms with Crippen LogP contribution in [0.5, 0.6) is 0 Å². The third kappa shape index (κ3) is 10.8. The minimum absolute atomic E-state index is 0.203. The molecular formula is C30H40O20. The zero-order valence-electron chi connectivity index (χ0n) is 28.0. The molecule has 12 atom stereocenters. The summed E-state index contributed by atoms with van der Waals surface area (Å²) in [5.74, 6) is -5.34. The molecule has 0 bridgehead atoms. The van der Waals surface area contributed by atoms with Gasteiger partial charge in [-0.25, -0.2) is 4.79 Å². The maximum Gasteiger partial charge on any atom is 0.508 e. The van der Waals surface area contributed by atoms with Crippen molar-refractivity contribution in [2.45, 2.75) is 115 Å². The van der Waals surface area contributed by atoms with Crippen LogP contribution in [0.25, 0.3) is 0 Å². The summed E-state index contributed by atoms with van der Waals surface area (Å²) in [6.07, 6.45) is -19.6. The molecule has 3 saturated heterocycles. The second-order valence-electron chi connectivity index (χ2n) is 11.1. The molecule has 0 amide bonds. The van der Waals surface area contributed by atoms with E-state index in [1.165, 1.54) is 6.08 Å². The number of ether oxygens (including phenoxy) is 12. The van der Waals surface area contributed by atoms with Gasteiger partial charge in [-0.3, -0.25) is 28.8 Å². The minimum atomic E-state index is -1.89. The second kappa shape index (κ2) is 18.0. The highest BCUT2D eigenvalue weighted by atomic mass is 16.8. The Morgan fingerprint density at radius 3 is 1.88 bits per heavy atom. The third-order valence-corrected chi connectivity index (χ3v) is 7.08. The highest BCUT2D eigenvalue weighted by Crippen LogP contribution is 2.37. The van der Waals surface area contributed by atoms with E-state index in [2.05, 4.69) is 6.58 Å². The molecule has 280 valence electrons. The van der Waals surface area contributed by atoms with Gasteiger partial charge in [-0.1, -0.05) is 6.08 Å². The lowest BCUT2D eigenvalue weighted by atomic mass is 9.92. The Kier molecular flexibility index (Phi) is 14.5. The van der Waals surface area contributed by atoms with Gasteiger partial charge >= 0.3 is 42.0 Å². The SMILES string of the molecule is C=CCO[C@H]1O[C@H]([C@H](COC(C)=O)OC(C)=O)[C@@H](OC(C)=O)[C@H](O[C@H]2O[C@H]([C@@H]3COC(=O)O3)[C@@H](OC(C)=O)[C@H](OC(C)=O)[C@@H]2OC(C)=O)[C@@H]1O. The predicted molar refractivity (Wildman–Crippen MR) is 155 cm³/mol. The van der Waals surface area contributed by atoms with Crippen molar-refractivity contribution in [2.24, 2.45) is 0 Å². The Morgan fingerprint density at radius 1 is 0.780 bits per heavy atom. The zero-order chi connectivity index (χ0) is 37.3. The third-order valence-electron chi connectivity index (χ3n) is 7.08. The summed E-state index contributed by atoms with van der Waals surface area (Å²) in [5.41, 5.74) is 0. The van der Waals surface area contributed by atoms with Gasteiger partial charge in [0.15, 0.2) is 49.2 Å². The normalized spacial score (nSPS) is 32.6. The molecule has 3 heterocycles. The van der Waals surface area contributed by atoms with E-state index in [0.29, 0.717) is 0 Å². The molecule has 3 aliphatic heterocycles. The molecule has 20 nitrogen and oxygen atoms in total. The summed E-state index contributed by atoms with van der Waals surface area (Å²) in [7, 11) is 0. The van der Waals surface area contributed by atoms with Crippen LogP contribution in [0.3, 0.4) is 0 Å². The highest BCUT2D eigenvalue weighted by Gasteiger charge is 2.59. The van der Waals surface area contributed by atoms with Crippen LogP contribution in [-0.2, 0) is 85.6 Å². The quantitative estimate of drug-likeness (QED) is 0.130. The van der Waals surface area contributed by atoms with Crippen molar-refractivity contribution in [2.75, 3.05) is 19.8 Å². The van der Waals surface area contributed by atoms with E-state index in [1.807, 2.05) is 0 Å². The number of cyclic esters (lactones) is 2. The largest absolute Gasteiger partial charge is 0.508 e. The summed E-state index contributed by atoms with van der Waals surface area (Å²) < 4.78 is 66.0. The van der Waals surface area contributed by atoms with Crippen molar-refractivity contribution in [3.05, 3.63) is 12.7 Å². The van der Waals surface area contributed by atoms with Gasteiger partial charge in [0.05, 0.1) is 6.61 Å². The maximum atomic E-state index is 12.4. The van der Waals surface area contributed by atoms with E-state index >= 15 is 0 Å². The van der Waals surface area contributed by atoms with Gasteiger partial charge in [0, 0.05) is 41.5 Å². The average molecular weight is 721 g/mol. The van der Waals surface area contributed by atoms with Gasteiger partial charge in [0.25, 0.3) is 0 Å². The van der Waals surface area contributed by atoms with Crippen LogP contribution < -0.4 is 0 Å². The molecule has 20 heteroatoms. The topological polar surface area (TPSA) is 250 Å². The molecule has 0 spiro atoms. The van der Waals surface area contributed by atoms with Crippen molar-refractivity contribution in [1.82, 2.24) is 0 Å². The van der Waals surface area contributed by atoms with Crippen LogP contribution in [0.2, 0.25) is 0 Å². The number of hydrogen-bond acceptors (Lipinski definition) is 20. The summed E-state index contributed by atoms with van der Waals surface area (Å²) in [6.45, 7) is 8.50. The van der Waals surface area contributed by atoms with Crippen LogP contribution in [0.1, 0.15) is 41.5 Å². The van der Waals surface area contributed by atoms with E-state index in [-0.39, 0.29) is 6.61 Å². The Hall–Kier alpha value is -4.37. The van der Waals surface area contributed by atoms with E-state index < -0.39 is 129 Å². The smallest absolute Gasteiger partial charge is 0.462 e. The Morgan fingerprint density at radius 2 is 1.36 bits per heavy atom. The number of aliphatic hydroxyl groups is 1. The van der Waals surface area contributed by atoms with Crippen LogP contribution in [0.15, 0.2) is 12.7 Å². The summed E-state index contributed by atoms with van der Waals surface area (Å²) in [5, 5.41) is 11.5. The predicted octanol–water partition coefficient (Wildman–Crippen LogP) is -0.858. The molecule has 50 heavy (non-hydrogen) atoms. The Bertz CT molecular complexity index is 1280. The molecule has 0 aromatic carbocycles. The first-order valence-corrected chi connectivity index (χ1v) is 15.2. The van der Waals surface area contributed by atoms with E-state index in [9.17, 15) is 38.7 Å². The molecule has 1 N–H and O–H groups in total. The molecule has 0 saturated carbocycles. The fourth-order valence-corrected chi connectivity index (χ4v) is 5.41. The molecule has 0 unspecified atom stereocenters. The van der Waals surface area contributed by atoms with Gasteiger partial charge in [-0.05, 0) is 0 Å². The zero-order valence-corrected chi connectivity index (χ0v) is 28.0.